The third-order valence-electron chi connectivity index (χ3n) is 4.34. The van der Waals surface area contributed by atoms with E-state index in [0.717, 1.165) is 25.7 Å². The van der Waals surface area contributed by atoms with Gasteiger partial charge in [-0.15, -0.1) is 0 Å². The number of aromatic nitrogens is 2. The zero-order valence-corrected chi connectivity index (χ0v) is 13.1. The summed E-state index contributed by atoms with van der Waals surface area (Å²) in [6, 6.07) is 0. The number of carbonyl (C=O) groups is 1. The van der Waals surface area contributed by atoms with Crippen molar-refractivity contribution in [2.45, 2.75) is 58.0 Å². The van der Waals surface area contributed by atoms with E-state index in [2.05, 4.69) is 16.9 Å². The molecule has 1 aliphatic carbocycles. The molecule has 0 amide bonds. The molecule has 2 atom stereocenters. The summed E-state index contributed by atoms with van der Waals surface area (Å²) in [6.45, 7) is 4.23. The number of carboxylic acid groups (broad SMARTS) is 1. The molecule has 0 radical (unpaired) electrons. The maximum atomic E-state index is 11.3. The average molecular weight is 292 g/mol. The van der Waals surface area contributed by atoms with Crippen molar-refractivity contribution in [1.82, 2.24) is 9.97 Å². The van der Waals surface area contributed by atoms with E-state index in [1.54, 1.807) is 7.11 Å². The summed E-state index contributed by atoms with van der Waals surface area (Å²) in [6.07, 6.45) is 7.00. The fourth-order valence-electron chi connectivity index (χ4n) is 3.23. The van der Waals surface area contributed by atoms with Crippen LogP contribution in [0.2, 0.25) is 0 Å². The van der Waals surface area contributed by atoms with Gasteiger partial charge in [0, 0.05) is 13.3 Å². The van der Waals surface area contributed by atoms with Crippen LogP contribution in [0.4, 0.5) is 0 Å². The fraction of sp³-hybridized carbons (Fsp3) is 0.688. The molecule has 5 nitrogen and oxygen atoms in total. The minimum absolute atomic E-state index is 0.204. The first kappa shape index (κ1) is 15.9. The van der Waals surface area contributed by atoms with E-state index in [1.807, 2.05) is 6.92 Å². The number of nitrogens with zero attached hydrogens (tertiary/aromatic N) is 2. The molecular formula is C16H24N2O3. The van der Waals surface area contributed by atoms with Crippen molar-refractivity contribution in [2.75, 3.05) is 7.11 Å². The lowest BCUT2D eigenvalue weighted by Gasteiger charge is -2.37. The first-order valence-electron chi connectivity index (χ1n) is 7.67. The van der Waals surface area contributed by atoms with Crippen molar-refractivity contribution in [3.63, 3.8) is 0 Å². The molecule has 0 aromatic carbocycles. The first-order chi connectivity index (χ1) is 10.0. The Morgan fingerprint density at radius 2 is 2.33 bits per heavy atom. The second kappa shape index (κ2) is 6.52. The summed E-state index contributed by atoms with van der Waals surface area (Å²) in [4.78, 5) is 20.2. The van der Waals surface area contributed by atoms with Gasteiger partial charge >= 0.3 is 5.97 Å². The van der Waals surface area contributed by atoms with Gasteiger partial charge in [0.1, 0.15) is 5.60 Å². The molecule has 116 valence electrons. The van der Waals surface area contributed by atoms with Gasteiger partial charge in [-0.3, -0.25) is 0 Å². The number of carboxylic acids is 1. The standard InChI is InChI=1S/C16H24N2O3/c1-4-6-13-12(14(19)20)10-17-15(18-13)16(21-3)8-5-7-11(2)9-16/h10-11H,4-9H2,1-3H3,(H,19,20). The second-order valence-corrected chi connectivity index (χ2v) is 6.01. The number of hydrogen-bond donors (Lipinski definition) is 1. The van der Waals surface area contributed by atoms with Gasteiger partial charge in [0.05, 0.1) is 11.3 Å². The normalized spacial score (nSPS) is 25.8. The van der Waals surface area contributed by atoms with Crippen LogP contribution in [0.15, 0.2) is 6.20 Å². The molecule has 2 rings (SSSR count). The molecule has 1 N–H and O–H groups in total. The maximum Gasteiger partial charge on any atom is 0.339 e. The smallest absolute Gasteiger partial charge is 0.339 e. The third kappa shape index (κ3) is 3.23. The highest BCUT2D eigenvalue weighted by atomic mass is 16.5. The van der Waals surface area contributed by atoms with Gasteiger partial charge in [0.15, 0.2) is 5.82 Å². The Kier molecular flexibility index (Phi) is 4.93. The first-order valence-corrected chi connectivity index (χ1v) is 7.67. The van der Waals surface area contributed by atoms with Crippen LogP contribution in [-0.2, 0) is 16.8 Å². The lowest BCUT2D eigenvalue weighted by molar-refractivity contribution is -0.0648. The minimum atomic E-state index is -0.964. The molecule has 2 unspecified atom stereocenters. The highest BCUT2D eigenvalue weighted by Gasteiger charge is 2.39. The summed E-state index contributed by atoms with van der Waals surface area (Å²) in [7, 11) is 1.70. The topological polar surface area (TPSA) is 72.3 Å². The summed E-state index contributed by atoms with van der Waals surface area (Å²) in [5.74, 6) is 0.245. The molecule has 1 fully saturated rings. The number of aryl methyl sites for hydroxylation is 1. The van der Waals surface area contributed by atoms with Crippen LogP contribution in [0, 0.1) is 5.92 Å². The van der Waals surface area contributed by atoms with Gasteiger partial charge in [0.2, 0.25) is 0 Å². The van der Waals surface area contributed by atoms with Gasteiger partial charge in [-0.1, -0.05) is 26.7 Å². The van der Waals surface area contributed by atoms with E-state index in [-0.39, 0.29) is 5.56 Å². The van der Waals surface area contributed by atoms with Crippen molar-refractivity contribution in [2.24, 2.45) is 5.92 Å². The van der Waals surface area contributed by atoms with E-state index < -0.39 is 11.6 Å². The highest BCUT2D eigenvalue weighted by Crippen LogP contribution is 2.41. The largest absolute Gasteiger partial charge is 0.478 e. The van der Waals surface area contributed by atoms with Gasteiger partial charge in [0.25, 0.3) is 0 Å². The number of rotatable bonds is 5. The lowest BCUT2D eigenvalue weighted by atomic mass is 9.78. The monoisotopic (exact) mass is 292 g/mol. The zero-order valence-electron chi connectivity index (χ0n) is 13.1. The molecule has 1 saturated carbocycles. The summed E-state index contributed by atoms with van der Waals surface area (Å²) >= 11 is 0. The molecule has 1 aromatic heterocycles. The van der Waals surface area contributed by atoms with E-state index in [9.17, 15) is 9.90 Å². The van der Waals surface area contributed by atoms with Crippen LogP contribution in [0.25, 0.3) is 0 Å². The molecule has 0 spiro atoms. The second-order valence-electron chi connectivity index (χ2n) is 6.01. The van der Waals surface area contributed by atoms with E-state index in [0.29, 0.717) is 23.9 Å². The zero-order chi connectivity index (χ0) is 15.5. The Labute approximate surface area is 125 Å². The average Bonchev–Trinajstić information content (AvgIpc) is 2.47. The predicted molar refractivity (Wildman–Crippen MR) is 79.3 cm³/mol. The van der Waals surface area contributed by atoms with Crippen molar-refractivity contribution >= 4 is 5.97 Å². The molecule has 1 aliphatic rings. The quantitative estimate of drug-likeness (QED) is 0.902. The van der Waals surface area contributed by atoms with Gasteiger partial charge in [-0.2, -0.15) is 0 Å². The lowest BCUT2D eigenvalue weighted by Crippen LogP contribution is -2.36. The molecule has 0 bridgehead atoms. The Bertz CT molecular complexity index is 518. The number of aromatic carboxylic acids is 1. The summed E-state index contributed by atoms with van der Waals surface area (Å²) < 4.78 is 5.80. The van der Waals surface area contributed by atoms with Crippen molar-refractivity contribution in [3.8, 4) is 0 Å². The predicted octanol–water partition coefficient (Wildman–Crippen LogP) is 3.18. The Balaban J connectivity index is 2.42. The van der Waals surface area contributed by atoms with E-state index in [1.165, 1.54) is 12.6 Å². The molecule has 1 heterocycles. The van der Waals surface area contributed by atoms with Crippen molar-refractivity contribution < 1.29 is 14.6 Å². The summed E-state index contributed by atoms with van der Waals surface area (Å²) in [5.41, 5.74) is 0.359. The maximum absolute atomic E-state index is 11.3. The molecular weight excluding hydrogens is 268 g/mol. The number of ether oxygens (including phenoxy) is 1. The Morgan fingerprint density at radius 1 is 1.57 bits per heavy atom. The van der Waals surface area contributed by atoms with Gasteiger partial charge in [-0.25, -0.2) is 14.8 Å². The van der Waals surface area contributed by atoms with Crippen molar-refractivity contribution in [1.29, 1.82) is 0 Å². The van der Waals surface area contributed by atoms with Gasteiger partial charge in [-0.05, 0) is 31.6 Å². The SMILES string of the molecule is CCCc1nc(C2(OC)CCCC(C)C2)ncc1C(=O)O. The number of hydrogen-bond acceptors (Lipinski definition) is 4. The van der Waals surface area contributed by atoms with Crippen LogP contribution in [-0.4, -0.2) is 28.2 Å². The minimum Gasteiger partial charge on any atom is -0.478 e. The number of methoxy groups -OCH3 is 1. The third-order valence-corrected chi connectivity index (χ3v) is 4.34. The molecule has 21 heavy (non-hydrogen) atoms. The molecule has 0 saturated heterocycles. The van der Waals surface area contributed by atoms with Gasteiger partial charge < -0.3 is 9.84 Å². The van der Waals surface area contributed by atoms with Crippen LogP contribution < -0.4 is 0 Å². The Morgan fingerprint density at radius 3 is 2.90 bits per heavy atom. The van der Waals surface area contributed by atoms with E-state index in [4.69, 9.17) is 4.74 Å². The van der Waals surface area contributed by atoms with Crippen LogP contribution in [0.3, 0.4) is 0 Å². The van der Waals surface area contributed by atoms with E-state index >= 15 is 0 Å². The van der Waals surface area contributed by atoms with Crippen molar-refractivity contribution in [3.05, 3.63) is 23.3 Å². The molecule has 5 heteroatoms. The Hall–Kier alpha value is -1.49. The van der Waals surface area contributed by atoms with Crippen LogP contribution >= 0.6 is 0 Å². The van der Waals surface area contributed by atoms with Crippen LogP contribution in [0.5, 0.6) is 0 Å². The molecule has 1 aromatic rings. The molecule has 0 aliphatic heterocycles. The van der Waals surface area contributed by atoms with Crippen LogP contribution in [0.1, 0.15) is 67.8 Å². The fourth-order valence-corrected chi connectivity index (χ4v) is 3.23. The summed E-state index contributed by atoms with van der Waals surface area (Å²) in [5, 5.41) is 9.25. The highest BCUT2D eigenvalue weighted by molar-refractivity contribution is 5.88.